The van der Waals surface area contributed by atoms with E-state index in [1.807, 2.05) is 36.4 Å². The number of carbonyl (C=O) groups excluding carboxylic acids is 1. The molecule has 126 valence electrons. The first-order chi connectivity index (χ1) is 11.7. The van der Waals surface area contributed by atoms with Crippen molar-refractivity contribution in [2.75, 3.05) is 48.4 Å². The molecule has 1 fully saturated rings. The minimum atomic E-state index is -0.485. The number of para-hydroxylation sites is 1. The summed E-state index contributed by atoms with van der Waals surface area (Å²) in [6, 6.07) is 14.5. The third-order valence-corrected chi connectivity index (χ3v) is 4.14. The van der Waals surface area contributed by atoms with Gasteiger partial charge >= 0.3 is 6.09 Å². The van der Waals surface area contributed by atoms with Crippen LogP contribution in [0, 0.1) is 5.82 Å². The number of carbonyl (C=O) groups is 1. The highest BCUT2D eigenvalue weighted by Gasteiger charge is 2.19. The van der Waals surface area contributed by atoms with Crippen molar-refractivity contribution in [1.29, 1.82) is 0 Å². The molecule has 0 radical (unpaired) electrons. The molecule has 2 aromatic rings. The van der Waals surface area contributed by atoms with Crippen LogP contribution in [0.4, 0.5) is 26.2 Å². The lowest BCUT2D eigenvalue weighted by Gasteiger charge is -2.37. The number of methoxy groups -OCH3 is 1. The van der Waals surface area contributed by atoms with E-state index in [-0.39, 0.29) is 5.82 Å². The van der Waals surface area contributed by atoms with Gasteiger partial charge in [-0.25, -0.2) is 9.18 Å². The summed E-state index contributed by atoms with van der Waals surface area (Å²) in [4.78, 5) is 15.5. The smallest absolute Gasteiger partial charge is 0.411 e. The van der Waals surface area contributed by atoms with Gasteiger partial charge < -0.3 is 14.5 Å². The Hall–Kier alpha value is -2.76. The summed E-state index contributed by atoms with van der Waals surface area (Å²) in [5.74, 6) is -0.177. The Bertz CT molecular complexity index is 698. The molecular weight excluding hydrogens is 309 g/mol. The molecule has 2 aromatic carbocycles. The Morgan fingerprint density at radius 3 is 2.25 bits per heavy atom. The van der Waals surface area contributed by atoms with E-state index in [1.54, 1.807) is 6.07 Å². The topological polar surface area (TPSA) is 44.8 Å². The van der Waals surface area contributed by atoms with E-state index in [1.165, 1.54) is 13.2 Å². The minimum absolute atomic E-state index is 0.177. The molecule has 1 N–H and O–H groups in total. The maximum absolute atomic E-state index is 13.9. The van der Waals surface area contributed by atoms with Gasteiger partial charge in [-0.2, -0.15) is 0 Å². The zero-order valence-corrected chi connectivity index (χ0v) is 13.5. The van der Waals surface area contributed by atoms with E-state index >= 15 is 0 Å². The van der Waals surface area contributed by atoms with Gasteiger partial charge in [0.1, 0.15) is 5.82 Å². The average molecular weight is 329 g/mol. The molecule has 6 heteroatoms. The van der Waals surface area contributed by atoms with Gasteiger partial charge in [-0.1, -0.05) is 12.1 Å². The van der Waals surface area contributed by atoms with Crippen molar-refractivity contribution in [2.45, 2.75) is 0 Å². The summed E-state index contributed by atoms with van der Waals surface area (Å²) in [6.45, 7) is 3.17. The monoisotopic (exact) mass is 329 g/mol. The van der Waals surface area contributed by atoms with Crippen molar-refractivity contribution in [3.8, 4) is 0 Å². The van der Waals surface area contributed by atoms with Crippen LogP contribution in [-0.2, 0) is 4.74 Å². The Kier molecular flexibility index (Phi) is 4.84. The van der Waals surface area contributed by atoms with Gasteiger partial charge in [-0.3, -0.25) is 5.32 Å². The standard InChI is InChI=1S/C18H20FN3O2/c1-24-18(23)20-14-6-8-15(9-7-14)21-10-12-22(13-11-21)17-5-3-2-4-16(17)19/h2-9H,10-13H2,1H3,(H,20,23). The maximum atomic E-state index is 13.9. The van der Waals surface area contributed by atoms with E-state index in [9.17, 15) is 9.18 Å². The number of halogens is 1. The van der Waals surface area contributed by atoms with Crippen LogP contribution in [0.2, 0.25) is 0 Å². The van der Waals surface area contributed by atoms with Crippen LogP contribution in [-0.4, -0.2) is 39.4 Å². The predicted molar refractivity (Wildman–Crippen MR) is 93.3 cm³/mol. The van der Waals surface area contributed by atoms with Crippen LogP contribution in [0.3, 0.4) is 0 Å². The summed E-state index contributed by atoms with van der Waals surface area (Å²) in [7, 11) is 1.33. The summed E-state index contributed by atoms with van der Waals surface area (Å²) >= 11 is 0. The number of nitrogens with zero attached hydrogens (tertiary/aromatic N) is 2. The van der Waals surface area contributed by atoms with Crippen molar-refractivity contribution in [3.05, 3.63) is 54.3 Å². The lowest BCUT2D eigenvalue weighted by Crippen LogP contribution is -2.46. The summed E-state index contributed by atoms with van der Waals surface area (Å²) in [5.41, 5.74) is 2.43. The second-order valence-electron chi connectivity index (χ2n) is 5.59. The van der Waals surface area contributed by atoms with Crippen molar-refractivity contribution >= 4 is 23.2 Å². The van der Waals surface area contributed by atoms with E-state index < -0.39 is 6.09 Å². The zero-order valence-electron chi connectivity index (χ0n) is 13.5. The van der Waals surface area contributed by atoms with Gasteiger partial charge in [0.15, 0.2) is 0 Å². The predicted octanol–water partition coefficient (Wildman–Crippen LogP) is 3.33. The first kappa shape index (κ1) is 16.1. The molecule has 1 amide bonds. The van der Waals surface area contributed by atoms with Crippen molar-refractivity contribution < 1.29 is 13.9 Å². The first-order valence-corrected chi connectivity index (χ1v) is 7.87. The third-order valence-electron chi connectivity index (χ3n) is 4.14. The number of benzene rings is 2. The number of ether oxygens (including phenoxy) is 1. The van der Waals surface area contributed by atoms with Crippen LogP contribution >= 0.6 is 0 Å². The fourth-order valence-corrected chi connectivity index (χ4v) is 2.84. The quantitative estimate of drug-likeness (QED) is 0.938. The molecule has 0 aliphatic carbocycles. The molecule has 0 unspecified atom stereocenters. The fourth-order valence-electron chi connectivity index (χ4n) is 2.84. The Morgan fingerprint density at radius 1 is 1.00 bits per heavy atom. The van der Waals surface area contributed by atoms with Gasteiger partial charge in [0.2, 0.25) is 0 Å². The highest BCUT2D eigenvalue weighted by molar-refractivity contribution is 5.84. The molecule has 1 aliphatic rings. The van der Waals surface area contributed by atoms with Crippen LogP contribution < -0.4 is 15.1 Å². The maximum Gasteiger partial charge on any atom is 0.411 e. The largest absolute Gasteiger partial charge is 0.453 e. The van der Waals surface area contributed by atoms with Gasteiger partial charge in [-0.05, 0) is 36.4 Å². The number of piperazine rings is 1. The highest BCUT2D eigenvalue weighted by atomic mass is 19.1. The van der Waals surface area contributed by atoms with Crippen molar-refractivity contribution in [3.63, 3.8) is 0 Å². The van der Waals surface area contributed by atoms with E-state index in [0.717, 1.165) is 31.9 Å². The third kappa shape index (κ3) is 3.59. The molecule has 1 heterocycles. The number of anilines is 3. The molecule has 1 saturated heterocycles. The van der Waals surface area contributed by atoms with Crippen LogP contribution in [0.5, 0.6) is 0 Å². The Balaban J connectivity index is 1.60. The molecule has 24 heavy (non-hydrogen) atoms. The molecule has 0 saturated carbocycles. The zero-order chi connectivity index (χ0) is 16.9. The van der Waals surface area contributed by atoms with Crippen LogP contribution in [0.15, 0.2) is 48.5 Å². The van der Waals surface area contributed by atoms with Gasteiger partial charge in [0.25, 0.3) is 0 Å². The number of amides is 1. The molecule has 0 spiro atoms. The fraction of sp³-hybridized carbons (Fsp3) is 0.278. The van der Waals surface area contributed by atoms with E-state index in [2.05, 4.69) is 19.9 Å². The molecule has 0 aromatic heterocycles. The van der Waals surface area contributed by atoms with Crippen LogP contribution in [0.25, 0.3) is 0 Å². The molecule has 1 aliphatic heterocycles. The lowest BCUT2D eigenvalue weighted by molar-refractivity contribution is 0.187. The van der Waals surface area contributed by atoms with Gasteiger partial charge in [0, 0.05) is 37.6 Å². The minimum Gasteiger partial charge on any atom is -0.453 e. The number of hydrogen-bond donors (Lipinski definition) is 1. The Morgan fingerprint density at radius 2 is 1.62 bits per heavy atom. The van der Waals surface area contributed by atoms with Crippen LogP contribution in [0.1, 0.15) is 0 Å². The Labute approximate surface area is 140 Å². The normalized spacial score (nSPS) is 14.4. The summed E-state index contributed by atoms with van der Waals surface area (Å²) in [5, 5.41) is 2.63. The van der Waals surface area contributed by atoms with Crippen molar-refractivity contribution in [2.24, 2.45) is 0 Å². The SMILES string of the molecule is COC(=O)Nc1ccc(N2CCN(c3ccccc3F)CC2)cc1. The lowest BCUT2D eigenvalue weighted by atomic mass is 10.2. The summed E-state index contributed by atoms with van der Waals surface area (Å²) in [6.07, 6.45) is -0.485. The highest BCUT2D eigenvalue weighted by Crippen LogP contribution is 2.23. The second kappa shape index (κ2) is 7.21. The number of nitrogens with one attached hydrogen (secondary N) is 1. The van der Waals surface area contributed by atoms with Crippen molar-refractivity contribution in [1.82, 2.24) is 0 Å². The molecule has 5 nitrogen and oxygen atoms in total. The van der Waals surface area contributed by atoms with Gasteiger partial charge in [-0.15, -0.1) is 0 Å². The second-order valence-corrected chi connectivity index (χ2v) is 5.59. The number of hydrogen-bond acceptors (Lipinski definition) is 4. The van der Waals surface area contributed by atoms with E-state index in [0.29, 0.717) is 11.4 Å². The van der Waals surface area contributed by atoms with Gasteiger partial charge in [0.05, 0.1) is 12.8 Å². The average Bonchev–Trinajstić information content (AvgIpc) is 2.63. The van der Waals surface area contributed by atoms with E-state index in [4.69, 9.17) is 0 Å². The molecule has 0 atom stereocenters. The number of rotatable bonds is 3. The first-order valence-electron chi connectivity index (χ1n) is 7.87. The molecule has 0 bridgehead atoms. The molecule has 3 rings (SSSR count). The molecular formula is C18H20FN3O2. The summed E-state index contributed by atoms with van der Waals surface area (Å²) < 4.78 is 18.4.